The standard InChI is InChI=1S/C52H80O6/c1-4-7-10-13-16-19-21-23-25-26-27-29-30-33-36-39-42-45-51(54)57-48-49(47-56-50(53)44-41-38-35-32-18-15-12-9-6-3)58-52(55)46-43-40-37-34-31-28-24-22-20-17-14-11-8-5-2/h7-12,16-20,23,25,27,29,32-33,36,38,41,49H,4-6,13-15,21-22,24,26,28,30-31,34-35,37,39-40,42-48H2,1-3H3/b10-7-,11-8-,12-9-,19-16-,20-17-,25-23-,29-27-,32-18-,36-33-,41-38-. The van der Waals surface area contributed by atoms with Gasteiger partial charge < -0.3 is 14.2 Å². The molecule has 0 aliphatic rings. The van der Waals surface area contributed by atoms with Gasteiger partial charge in [0.05, 0.1) is 6.42 Å². The average molecular weight is 801 g/mol. The van der Waals surface area contributed by atoms with Crippen molar-refractivity contribution in [3.63, 3.8) is 0 Å². The molecule has 0 aromatic rings. The number of unbranched alkanes of at least 4 members (excludes halogenated alkanes) is 8. The van der Waals surface area contributed by atoms with E-state index in [0.29, 0.717) is 6.42 Å². The first-order chi connectivity index (χ1) is 28.5. The molecule has 0 fully saturated rings. The van der Waals surface area contributed by atoms with Crippen molar-refractivity contribution >= 4 is 17.9 Å². The monoisotopic (exact) mass is 801 g/mol. The van der Waals surface area contributed by atoms with E-state index in [-0.39, 0.29) is 44.4 Å². The second kappa shape index (κ2) is 45.5. The molecule has 0 N–H and O–H groups in total. The van der Waals surface area contributed by atoms with Gasteiger partial charge in [0.2, 0.25) is 0 Å². The minimum Gasteiger partial charge on any atom is -0.462 e. The van der Waals surface area contributed by atoms with E-state index in [1.54, 1.807) is 6.08 Å². The first-order valence-electron chi connectivity index (χ1n) is 22.5. The lowest BCUT2D eigenvalue weighted by molar-refractivity contribution is -0.166. The van der Waals surface area contributed by atoms with E-state index < -0.39 is 12.1 Å². The Morgan fingerprint density at radius 3 is 1.17 bits per heavy atom. The van der Waals surface area contributed by atoms with Gasteiger partial charge in [-0.05, 0) is 96.3 Å². The number of rotatable bonds is 38. The number of hydrogen-bond acceptors (Lipinski definition) is 6. The summed E-state index contributed by atoms with van der Waals surface area (Å²) >= 11 is 0. The smallest absolute Gasteiger partial charge is 0.309 e. The van der Waals surface area contributed by atoms with Crippen LogP contribution < -0.4 is 0 Å². The largest absolute Gasteiger partial charge is 0.462 e. The van der Waals surface area contributed by atoms with Crippen LogP contribution in [0.25, 0.3) is 0 Å². The van der Waals surface area contributed by atoms with Gasteiger partial charge in [0.1, 0.15) is 13.2 Å². The van der Waals surface area contributed by atoms with Crippen LogP contribution in [0.2, 0.25) is 0 Å². The van der Waals surface area contributed by atoms with Crippen LogP contribution in [0.1, 0.15) is 168 Å². The molecule has 0 aliphatic carbocycles. The van der Waals surface area contributed by atoms with Crippen molar-refractivity contribution in [2.24, 2.45) is 0 Å². The molecular weight excluding hydrogens is 721 g/mol. The Balaban J connectivity index is 4.55. The molecule has 0 saturated heterocycles. The summed E-state index contributed by atoms with van der Waals surface area (Å²) in [5, 5.41) is 0. The summed E-state index contributed by atoms with van der Waals surface area (Å²) in [5.74, 6) is -1.15. The lowest BCUT2D eigenvalue weighted by atomic mass is 10.1. The lowest BCUT2D eigenvalue weighted by Gasteiger charge is -2.18. The Morgan fingerprint density at radius 2 is 0.707 bits per heavy atom. The second-order valence-corrected chi connectivity index (χ2v) is 14.2. The third kappa shape index (κ3) is 42.9. The second-order valence-electron chi connectivity index (χ2n) is 14.2. The van der Waals surface area contributed by atoms with Gasteiger partial charge in [-0.15, -0.1) is 0 Å². The van der Waals surface area contributed by atoms with Gasteiger partial charge in [-0.3, -0.25) is 14.4 Å². The Kier molecular flexibility index (Phi) is 42.2. The molecule has 0 heterocycles. The third-order valence-electron chi connectivity index (χ3n) is 8.73. The van der Waals surface area contributed by atoms with Gasteiger partial charge in [-0.2, -0.15) is 0 Å². The van der Waals surface area contributed by atoms with E-state index in [9.17, 15) is 14.4 Å². The van der Waals surface area contributed by atoms with Crippen molar-refractivity contribution in [1.29, 1.82) is 0 Å². The molecule has 6 heteroatoms. The minimum absolute atomic E-state index is 0.118. The van der Waals surface area contributed by atoms with Gasteiger partial charge in [0, 0.05) is 12.8 Å². The SMILES string of the molecule is CC/C=C\C/C=C\C/C=C\C/C=C\C/C=C\CCCC(=O)OCC(COC(=O)C/C=C\C/C=C\C/C=C\CC)OC(=O)CCCCCCCCC/C=C\C/C=C\CC. The van der Waals surface area contributed by atoms with Gasteiger partial charge in [-0.1, -0.05) is 174 Å². The van der Waals surface area contributed by atoms with E-state index in [4.69, 9.17) is 14.2 Å². The lowest BCUT2D eigenvalue weighted by Crippen LogP contribution is -2.30. The maximum absolute atomic E-state index is 12.7. The predicted octanol–water partition coefficient (Wildman–Crippen LogP) is 14.6. The Morgan fingerprint density at radius 1 is 0.362 bits per heavy atom. The summed E-state index contributed by atoms with van der Waals surface area (Å²) in [6, 6.07) is 0. The summed E-state index contributed by atoms with van der Waals surface area (Å²) < 4.78 is 16.5. The minimum atomic E-state index is -0.842. The van der Waals surface area contributed by atoms with Gasteiger partial charge in [0.15, 0.2) is 6.10 Å². The van der Waals surface area contributed by atoms with Crippen LogP contribution in [0.3, 0.4) is 0 Å². The van der Waals surface area contributed by atoms with Crippen LogP contribution in [0.15, 0.2) is 122 Å². The molecule has 0 radical (unpaired) electrons. The molecule has 1 unspecified atom stereocenters. The summed E-state index contributed by atoms with van der Waals surface area (Å²) in [7, 11) is 0. The zero-order chi connectivity index (χ0) is 42.3. The van der Waals surface area contributed by atoms with E-state index in [2.05, 4.69) is 130 Å². The molecule has 1 atom stereocenters. The molecule has 0 aromatic heterocycles. The highest BCUT2D eigenvalue weighted by Crippen LogP contribution is 2.12. The summed E-state index contributed by atoms with van der Waals surface area (Å²) in [5.41, 5.74) is 0. The topological polar surface area (TPSA) is 78.9 Å². The van der Waals surface area contributed by atoms with Crippen molar-refractivity contribution < 1.29 is 28.6 Å². The molecule has 0 amide bonds. The van der Waals surface area contributed by atoms with Crippen molar-refractivity contribution in [3.8, 4) is 0 Å². The first-order valence-corrected chi connectivity index (χ1v) is 22.5. The van der Waals surface area contributed by atoms with Gasteiger partial charge >= 0.3 is 17.9 Å². The molecule has 0 saturated carbocycles. The highest BCUT2D eigenvalue weighted by atomic mass is 16.6. The summed E-state index contributed by atoms with van der Waals surface area (Å²) in [4.78, 5) is 37.6. The average Bonchev–Trinajstić information content (AvgIpc) is 3.22. The number of ether oxygens (including phenoxy) is 3. The molecule has 0 bridgehead atoms. The first kappa shape index (κ1) is 53.8. The Hall–Kier alpha value is -4.19. The zero-order valence-electron chi connectivity index (χ0n) is 36.8. The molecule has 0 rings (SSSR count). The molecule has 6 nitrogen and oxygen atoms in total. The number of hydrogen-bond donors (Lipinski definition) is 0. The fraction of sp³-hybridized carbons (Fsp3) is 0.558. The van der Waals surface area contributed by atoms with Crippen molar-refractivity contribution in [1.82, 2.24) is 0 Å². The highest BCUT2D eigenvalue weighted by molar-refractivity contribution is 5.72. The molecule has 58 heavy (non-hydrogen) atoms. The molecule has 0 aliphatic heterocycles. The quantitative estimate of drug-likeness (QED) is 0.0268. The van der Waals surface area contributed by atoms with Crippen LogP contribution in [-0.4, -0.2) is 37.2 Å². The zero-order valence-corrected chi connectivity index (χ0v) is 36.8. The third-order valence-corrected chi connectivity index (χ3v) is 8.73. The molecule has 0 aromatic carbocycles. The number of carbonyl (C=O) groups excluding carboxylic acids is 3. The van der Waals surface area contributed by atoms with E-state index in [0.717, 1.165) is 103 Å². The molecule has 0 spiro atoms. The van der Waals surface area contributed by atoms with Crippen LogP contribution in [0.4, 0.5) is 0 Å². The fourth-order valence-electron chi connectivity index (χ4n) is 5.46. The normalized spacial score (nSPS) is 13.2. The van der Waals surface area contributed by atoms with Crippen molar-refractivity contribution in [3.05, 3.63) is 122 Å². The highest BCUT2D eigenvalue weighted by Gasteiger charge is 2.19. The number of allylic oxidation sites excluding steroid dienone is 19. The van der Waals surface area contributed by atoms with E-state index >= 15 is 0 Å². The predicted molar refractivity (Wildman–Crippen MR) is 246 cm³/mol. The van der Waals surface area contributed by atoms with Crippen LogP contribution in [0.5, 0.6) is 0 Å². The number of esters is 3. The van der Waals surface area contributed by atoms with E-state index in [1.165, 1.54) is 19.3 Å². The summed E-state index contributed by atoms with van der Waals surface area (Å²) in [6.45, 7) is 6.11. The van der Waals surface area contributed by atoms with Crippen LogP contribution >= 0.6 is 0 Å². The molecular formula is C52H80O6. The number of carbonyl (C=O) groups is 3. The van der Waals surface area contributed by atoms with Gasteiger partial charge in [0.25, 0.3) is 0 Å². The molecule has 324 valence electrons. The van der Waals surface area contributed by atoms with Gasteiger partial charge in [-0.25, -0.2) is 0 Å². The van der Waals surface area contributed by atoms with Crippen molar-refractivity contribution in [2.75, 3.05) is 13.2 Å². The van der Waals surface area contributed by atoms with Crippen LogP contribution in [-0.2, 0) is 28.6 Å². The summed E-state index contributed by atoms with van der Waals surface area (Å²) in [6.07, 6.45) is 62.2. The maximum Gasteiger partial charge on any atom is 0.309 e. The van der Waals surface area contributed by atoms with E-state index in [1.807, 2.05) is 6.08 Å². The Labute approximate surface area is 354 Å². The van der Waals surface area contributed by atoms with Crippen molar-refractivity contribution in [2.45, 2.75) is 175 Å². The Bertz CT molecular complexity index is 1290. The van der Waals surface area contributed by atoms with Crippen LogP contribution in [0, 0.1) is 0 Å². The fourth-order valence-corrected chi connectivity index (χ4v) is 5.46. The maximum atomic E-state index is 12.7.